The number of nitriles is 1. The molecule has 1 aromatic rings. The van der Waals surface area contributed by atoms with Crippen LogP contribution in [0.4, 0.5) is 4.39 Å². The lowest BCUT2D eigenvalue weighted by molar-refractivity contribution is 0.0213. The molecule has 96 valence electrons. The van der Waals surface area contributed by atoms with Gasteiger partial charge in [0.1, 0.15) is 11.9 Å². The number of rotatable bonds is 4. The number of hydrogen-bond donors (Lipinski definition) is 2. The Bertz CT molecular complexity index is 483. The molecule has 0 heterocycles. The third kappa shape index (κ3) is 3.26. The summed E-state index contributed by atoms with van der Waals surface area (Å²) in [5.74, 6) is -1.49. The number of aliphatic hydroxyl groups is 2. The van der Waals surface area contributed by atoms with Crippen LogP contribution in [0.15, 0.2) is 18.2 Å². The fourth-order valence-corrected chi connectivity index (χ4v) is 1.45. The molecule has 0 saturated heterocycles. The molecule has 2 N–H and O–H groups in total. The smallest absolute Gasteiger partial charge is 0.337 e. The summed E-state index contributed by atoms with van der Waals surface area (Å²) in [7, 11) is 1.15. The monoisotopic (exact) mass is 253 g/mol. The van der Waals surface area contributed by atoms with Crippen molar-refractivity contribution < 1.29 is 24.1 Å². The molecule has 0 radical (unpaired) electrons. The van der Waals surface area contributed by atoms with Gasteiger partial charge in [0, 0.05) is 0 Å². The zero-order chi connectivity index (χ0) is 13.7. The van der Waals surface area contributed by atoms with Crippen molar-refractivity contribution >= 4 is 5.97 Å². The van der Waals surface area contributed by atoms with Crippen LogP contribution in [-0.4, -0.2) is 29.4 Å². The quantitative estimate of drug-likeness (QED) is 0.779. The number of carbonyl (C=O) groups is 1. The van der Waals surface area contributed by atoms with E-state index in [-0.39, 0.29) is 17.5 Å². The molecule has 0 bridgehead atoms. The minimum atomic E-state index is -1.44. The molecular weight excluding hydrogens is 241 g/mol. The molecule has 5 nitrogen and oxygen atoms in total. The van der Waals surface area contributed by atoms with Gasteiger partial charge in [-0.05, 0) is 23.8 Å². The fraction of sp³-hybridized carbons (Fsp3) is 0.333. The van der Waals surface area contributed by atoms with E-state index in [4.69, 9.17) is 5.26 Å². The standard InChI is InChI=1S/C12H12FNO4/c1-18-12(17)8-4-7(5-9(13)6-8)11(16)10(15)2-3-14/h4-6,10-11,15-16H,2H2,1H3. The topological polar surface area (TPSA) is 90.6 Å². The lowest BCUT2D eigenvalue weighted by Gasteiger charge is -2.16. The second-order valence-corrected chi connectivity index (χ2v) is 3.64. The Hall–Kier alpha value is -1.97. The Morgan fingerprint density at radius 1 is 1.50 bits per heavy atom. The number of nitrogens with zero attached hydrogens (tertiary/aromatic N) is 1. The van der Waals surface area contributed by atoms with Crippen LogP contribution in [0.3, 0.4) is 0 Å². The van der Waals surface area contributed by atoms with Crippen LogP contribution in [0, 0.1) is 17.1 Å². The molecule has 0 fully saturated rings. The van der Waals surface area contributed by atoms with Gasteiger partial charge in [0.15, 0.2) is 0 Å². The third-order valence-electron chi connectivity index (χ3n) is 2.35. The average molecular weight is 253 g/mol. The van der Waals surface area contributed by atoms with E-state index in [1.54, 1.807) is 6.07 Å². The minimum absolute atomic E-state index is 0.0122. The Balaban J connectivity index is 3.06. The lowest BCUT2D eigenvalue weighted by atomic mass is 10.0. The Morgan fingerprint density at radius 3 is 2.72 bits per heavy atom. The van der Waals surface area contributed by atoms with Crippen LogP contribution in [0.25, 0.3) is 0 Å². The van der Waals surface area contributed by atoms with Crippen molar-refractivity contribution in [3.63, 3.8) is 0 Å². The van der Waals surface area contributed by atoms with E-state index in [9.17, 15) is 19.4 Å². The van der Waals surface area contributed by atoms with E-state index in [1.807, 2.05) is 0 Å². The number of carbonyl (C=O) groups excluding carboxylic acids is 1. The van der Waals surface area contributed by atoms with Gasteiger partial charge >= 0.3 is 5.97 Å². The fourth-order valence-electron chi connectivity index (χ4n) is 1.45. The number of ether oxygens (including phenoxy) is 1. The normalized spacial score (nSPS) is 13.5. The highest BCUT2D eigenvalue weighted by Gasteiger charge is 2.20. The van der Waals surface area contributed by atoms with Crippen LogP contribution in [0.1, 0.15) is 28.4 Å². The van der Waals surface area contributed by atoms with Crippen molar-refractivity contribution in [1.29, 1.82) is 5.26 Å². The van der Waals surface area contributed by atoms with Gasteiger partial charge in [-0.1, -0.05) is 0 Å². The zero-order valence-electron chi connectivity index (χ0n) is 9.63. The first-order valence-corrected chi connectivity index (χ1v) is 5.11. The highest BCUT2D eigenvalue weighted by Crippen LogP contribution is 2.21. The van der Waals surface area contributed by atoms with Gasteiger partial charge in [0.2, 0.25) is 0 Å². The molecule has 2 unspecified atom stereocenters. The number of aliphatic hydroxyl groups excluding tert-OH is 2. The second kappa shape index (κ2) is 6.10. The molecule has 0 aliphatic heterocycles. The molecule has 0 aromatic heterocycles. The van der Waals surface area contributed by atoms with E-state index >= 15 is 0 Å². The summed E-state index contributed by atoms with van der Waals surface area (Å²) in [5.41, 5.74) is -0.0612. The van der Waals surface area contributed by atoms with Gasteiger partial charge in [-0.15, -0.1) is 0 Å². The predicted octanol–water partition coefficient (Wildman–Crippen LogP) is 0.920. The second-order valence-electron chi connectivity index (χ2n) is 3.64. The van der Waals surface area contributed by atoms with Crippen molar-refractivity contribution in [2.24, 2.45) is 0 Å². The Kier molecular flexibility index (Phi) is 4.77. The maximum Gasteiger partial charge on any atom is 0.337 e. The number of esters is 1. The molecular formula is C12H12FNO4. The van der Waals surface area contributed by atoms with E-state index in [0.29, 0.717) is 0 Å². The van der Waals surface area contributed by atoms with Crippen molar-refractivity contribution in [2.45, 2.75) is 18.6 Å². The summed E-state index contributed by atoms with van der Waals surface area (Å²) in [4.78, 5) is 11.3. The minimum Gasteiger partial charge on any atom is -0.465 e. The predicted molar refractivity (Wildman–Crippen MR) is 58.9 cm³/mol. The summed E-state index contributed by atoms with van der Waals surface area (Å²) in [6, 6.07) is 4.84. The molecule has 1 aromatic carbocycles. The first kappa shape index (κ1) is 14.1. The largest absolute Gasteiger partial charge is 0.465 e. The van der Waals surface area contributed by atoms with Crippen molar-refractivity contribution in [3.05, 3.63) is 35.1 Å². The lowest BCUT2D eigenvalue weighted by Crippen LogP contribution is -2.18. The highest BCUT2D eigenvalue weighted by molar-refractivity contribution is 5.89. The molecule has 0 saturated carbocycles. The van der Waals surface area contributed by atoms with Crippen LogP contribution < -0.4 is 0 Å². The van der Waals surface area contributed by atoms with Gasteiger partial charge in [0.25, 0.3) is 0 Å². The van der Waals surface area contributed by atoms with Crippen molar-refractivity contribution in [1.82, 2.24) is 0 Å². The van der Waals surface area contributed by atoms with Crippen LogP contribution in [0.5, 0.6) is 0 Å². The van der Waals surface area contributed by atoms with E-state index in [1.165, 1.54) is 6.07 Å². The molecule has 18 heavy (non-hydrogen) atoms. The molecule has 6 heteroatoms. The van der Waals surface area contributed by atoms with Crippen LogP contribution >= 0.6 is 0 Å². The number of hydrogen-bond acceptors (Lipinski definition) is 5. The third-order valence-corrected chi connectivity index (χ3v) is 2.35. The summed E-state index contributed by atoms with van der Waals surface area (Å²) >= 11 is 0. The van der Waals surface area contributed by atoms with Gasteiger partial charge in [-0.25, -0.2) is 9.18 Å². The van der Waals surface area contributed by atoms with Gasteiger partial charge < -0.3 is 14.9 Å². The molecule has 2 atom stereocenters. The maximum atomic E-state index is 13.3. The van der Waals surface area contributed by atoms with Crippen LogP contribution in [-0.2, 0) is 4.74 Å². The molecule has 0 spiro atoms. The summed E-state index contributed by atoms with van der Waals surface area (Å²) in [5, 5.41) is 27.5. The number of methoxy groups -OCH3 is 1. The van der Waals surface area contributed by atoms with E-state index in [0.717, 1.165) is 19.2 Å². The first-order valence-electron chi connectivity index (χ1n) is 5.11. The Morgan fingerprint density at radius 2 is 2.17 bits per heavy atom. The summed E-state index contributed by atoms with van der Waals surface area (Å²) in [6.45, 7) is 0. The van der Waals surface area contributed by atoms with E-state index < -0.39 is 24.0 Å². The summed E-state index contributed by atoms with van der Waals surface area (Å²) < 4.78 is 17.7. The van der Waals surface area contributed by atoms with Gasteiger partial charge in [0.05, 0.1) is 31.3 Å². The number of halogens is 1. The SMILES string of the molecule is COC(=O)c1cc(F)cc(C(O)C(O)CC#N)c1. The van der Waals surface area contributed by atoms with Gasteiger partial charge in [-0.2, -0.15) is 5.26 Å². The van der Waals surface area contributed by atoms with E-state index in [2.05, 4.69) is 4.74 Å². The average Bonchev–Trinajstić information content (AvgIpc) is 2.36. The van der Waals surface area contributed by atoms with Crippen molar-refractivity contribution in [3.8, 4) is 6.07 Å². The zero-order valence-corrected chi connectivity index (χ0v) is 9.63. The number of benzene rings is 1. The van der Waals surface area contributed by atoms with Crippen molar-refractivity contribution in [2.75, 3.05) is 7.11 Å². The Labute approximate surface area is 103 Å². The molecule has 0 aliphatic carbocycles. The molecule has 1 rings (SSSR count). The highest BCUT2D eigenvalue weighted by atomic mass is 19.1. The van der Waals surface area contributed by atoms with Crippen LogP contribution in [0.2, 0.25) is 0 Å². The molecule has 0 amide bonds. The first-order chi connectivity index (χ1) is 8.49. The maximum absolute atomic E-state index is 13.3. The summed E-state index contributed by atoms with van der Waals surface area (Å²) in [6.07, 6.45) is -3.09. The van der Waals surface area contributed by atoms with Gasteiger partial charge in [-0.3, -0.25) is 0 Å². The molecule has 0 aliphatic rings.